The van der Waals surface area contributed by atoms with E-state index in [1.54, 1.807) is 7.11 Å². The van der Waals surface area contributed by atoms with Crippen molar-refractivity contribution in [3.63, 3.8) is 0 Å². The van der Waals surface area contributed by atoms with E-state index in [9.17, 15) is 4.79 Å². The summed E-state index contributed by atoms with van der Waals surface area (Å²) in [4.78, 5) is 15.1. The molecular weight excluding hydrogens is 366 g/mol. The maximum absolute atomic E-state index is 12.8. The zero-order valence-corrected chi connectivity index (χ0v) is 17.7. The van der Waals surface area contributed by atoms with Crippen LogP contribution in [0.1, 0.15) is 54.8 Å². The molecule has 1 aromatic carbocycles. The lowest BCUT2D eigenvalue weighted by molar-refractivity contribution is 0.0928. The number of rotatable bonds is 9. The van der Waals surface area contributed by atoms with Gasteiger partial charge in [0.1, 0.15) is 11.4 Å². The van der Waals surface area contributed by atoms with E-state index in [2.05, 4.69) is 40.5 Å². The van der Waals surface area contributed by atoms with E-state index in [0.717, 1.165) is 50.3 Å². The van der Waals surface area contributed by atoms with E-state index in [1.807, 2.05) is 35.1 Å². The zero-order valence-electron chi connectivity index (χ0n) is 17.7. The van der Waals surface area contributed by atoms with Gasteiger partial charge in [-0.2, -0.15) is 5.10 Å². The Morgan fingerprint density at radius 1 is 1.38 bits per heavy atom. The molecule has 7 heteroatoms. The summed E-state index contributed by atoms with van der Waals surface area (Å²) in [7, 11) is 1.67. The number of benzene rings is 1. The fraction of sp³-hybridized carbons (Fsp3) is 0.545. The van der Waals surface area contributed by atoms with Crippen molar-refractivity contribution >= 4 is 5.91 Å². The summed E-state index contributed by atoms with van der Waals surface area (Å²) >= 11 is 0. The van der Waals surface area contributed by atoms with Crippen LogP contribution in [-0.4, -0.2) is 60.4 Å². The number of nitrogens with one attached hydrogen (secondary N) is 2. The van der Waals surface area contributed by atoms with Gasteiger partial charge in [0.15, 0.2) is 0 Å². The first-order valence-corrected chi connectivity index (χ1v) is 10.6. The Hall–Kier alpha value is -2.38. The fourth-order valence-corrected chi connectivity index (χ4v) is 3.97. The van der Waals surface area contributed by atoms with E-state index in [-0.39, 0.29) is 11.9 Å². The quantitative estimate of drug-likeness (QED) is 0.678. The highest BCUT2D eigenvalue weighted by Crippen LogP contribution is 2.24. The molecule has 0 bridgehead atoms. The standard InChI is InChI=1S/C22H33N5O2/c1-4-26(5-2)21(17-8-6-10-19(14-17)29-3)16-24-22(28)20-11-13-27(25-20)18-9-7-12-23-15-18/h6,8,10-11,13-14,18,21,23H,4-5,7,9,12,15-16H2,1-3H3,(H,24,28). The number of aromatic nitrogens is 2. The molecule has 2 heterocycles. The summed E-state index contributed by atoms with van der Waals surface area (Å²) < 4.78 is 7.31. The average molecular weight is 400 g/mol. The van der Waals surface area contributed by atoms with Gasteiger partial charge in [-0.25, -0.2) is 0 Å². The molecule has 1 aliphatic rings. The number of hydrogen-bond acceptors (Lipinski definition) is 5. The summed E-state index contributed by atoms with van der Waals surface area (Å²) in [6, 6.07) is 10.3. The molecule has 2 aromatic rings. The number of methoxy groups -OCH3 is 1. The number of hydrogen-bond donors (Lipinski definition) is 2. The molecule has 0 radical (unpaired) electrons. The van der Waals surface area contributed by atoms with Gasteiger partial charge < -0.3 is 15.4 Å². The van der Waals surface area contributed by atoms with Crippen LogP contribution in [0.4, 0.5) is 0 Å². The Balaban J connectivity index is 1.68. The van der Waals surface area contributed by atoms with Gasteiger partial charge >= 0.3 is 0 Å². The highest BCUT2D eigenvalue weighted by molar-refractivity contribution is 5.92. The van der Waals surface area contributed by atoms with Gasteiger partial charge in [0.05, 0.1) is 19.2 Å². The summed E-state index contributed by atoms with van der Waals surface area (Å²) in [5.41, 5.74) is 1.60. The molecule has 158 valence electrons. The Labute approximate surface area is 173 Å². The molecule has 29 heavy (non-hydrogen) atoms. The van der Waals surface area contributed by atoms with Gasteiger partial charge in [-0.1, -0.05) is 26.0 Å². The number of carbonyl (C=O) groups is 1. The van der Waals surface area contributed by atoms with Crippen LogP contribution in [0.2, 0.25) is 0 Å². The van der Waals surface area contributed by atoms with Crippen LogP contribution in [0.5, 0.6) is 5.75 Å². The maximum Gasteiger partial charge on any atom is 0.271 e. The minimum Gasteiger partial charge on any atom is -0.497 e. The molecule has 1 fully saturated rings. The maximum atomic E-state index is 12.8. The Morgan fingerprint density at radius 2 is 2.21 bits per heavy atom. The van der Waals surface area contributed by atoms with Crippen LogP contribution in [0.25, 0.3) is 0 Å². The summed E-state index contributed by atoms with van der Waals surface area (Å²) in [6.45, 7) is 8.56. The molecule has 2 unspecified atom stereocenters. The van der Waals surface area contributed by atoms with Crippen molar-refractivity contribution in [1.82, 2.24) is 25.3 Å². The second-order valence-corrected chi connectivity index (χ2v) is 7.40. The second kappa shape index (κ2) is 10.4. The normalized spacial score (nSPS) is 17.9. The van der Waals surface area contributed by atoms with Gasteiger partial charge in [-0.3, -0.25) is 14.4 Å². The number of likely N-dealkylation sites (N-methyl/N-ethyl adjacent to an activating group) is 1. The number of piperidine rings is 1. The van der Waals surface area contributed by atoms with Crippen molar-refractivity contribution in [3.05, 3.63) is 47.8 Å². The molecule has 1 amide bonds. The molecule has 1 aliphatic heterocycles. The van der Waals surface area contributed by atoms with Gasteiger partial charge in [0.2, 0.25) is 0 Å². The largest absolute Gasteiger partial charge is 0.497 e. The topological polar surface area (TPSA) is 71.4 Å². The Morgan fingerprint density at radius 3 is 2.90 bits per heavy atom. The second-order valence-electron chi connectivity index (χ2n) is 7.40. The van der Waals surface area contributed by atoms with Gasteiger partial charge in [0.25, 0.3) is 5.91 Å². The third-order valence-corrected chi connectivity index (χ3v) is 5.67. The van der Waals surface area contributed by atoms with Crippen molar-refractivity contribution in [2.45, 2.75) is 38.8 Å². The van der Waals surface area contributed by atoms with Crippen LogP contribution in [-0.2, 0) is 0 Å². The lowest BCUT2D eigenvalue weighted by Gasteiger charge is -2.30. The van der Waals surface area contributed by atoms with Crippen LogP contribution in [0.3, 0.4) is 0 Å². The number of carbonyl (C=O) groups excluding carboxylic acids is 1. The average Bonchev–Trinajstić information content (AvgIpc) is 3.27. The molecule has 2 N–H and O–H groups in total. The molecule has 3 rings (SSSR count). The van der Waals surface area contributed by atoms with Gasteiger partial charge in [0, 0.05) is 19.3 Å². The van der Waals surface area contributed by atoms with Crippen LogP contribution < -0.4 is 15.4 Å². The molecular formula is C22H33N5O2. The first kappa shape index (κ1) is 21.3. The monoisotopic (exact) mass is 399 g/mol. The Bertz CT molecular complexity index is 781. The predicted molar refractivity (Wildman–Crippen MR) is 114 cm³/mol. The van der Waals surface area contributed by atoms with E-state index in [0.29, 0.717) is 18.3 Å². The number of ether oxygens (including phenoxy) is 1. The van der Waals surface area contributed by atoms with Crippen LogP contribution in [0, 0.1) is 0 Å². The number of nitrogens with zero attached hydrogens (tertiary/aromatic N) is 3. The van der Waals surface area contributed by atoms with E-state index in [4.69, 9.17) is 4.74 Å². The lowest BCUT2D eigenvalue weighted by Crippen LogP contribution is -2.38. The third-order valence-electron chi connectivity index (χ3n) is 5.67. The Kier molecular flexibility index (Phi) is 7.66. The van der Waals surface area contributed by atoms with Gasteiger partial charge in [-0.05, 0) is 56.2 Å². The van der Waals surface area contributed by atoms with Gasteiger partial charge in [-0.15, -0.1) is 0 Å². The van der Waals surface area contributed by atoms with Crippen LogP contribution >= 0.6 is 0 Å². The lowest BCUT2D eigenvalue weighted by atomic mass is 10.0. The van der Waals surface area contributed by atoms with E-state index < -0.39 is 0 Å². The van der Waals surface area contributed by atoms with Crippen LogP contribution in [0.15, 0.2) is 36.5 Å². The SMILES string of the molecule is CCN(CC)C(CNC(=O)c1ccn(C2CCCNC2)n1)c1cccc(OC)c1. The summed E-state index contributed by atoms with van der Waals surface area (Å²) in [5.74, 6) is 0.693. The first-order valence-electron chi connectivity index (χ1n) is 10.6. The minimum absolute atomic E-state index is 0.0775. The molecule has 1 saturated heterocycles. The molecule has 7 nitrogen and oxygen atoms in total. The molecule has 0 saturated carbocycles. The zero-order chi connectivity index (χ0) is 20.6. The highest BCUT2D eigenvalue weighted by atomic mass is 16.5. The third kappa shape index (κ3) is 5.36. The van der Waals surface area contributed by atoms with Crippen molar-refractivity contribution in [2.24, 2.45) is 0 Å². The van der Waals surface area contributed by atoms with Crippen molar-refractivity contribution in [3.8, 4) is 5.75 Å². The smallest absolute Gasteiger partial charge is 0.271 e. The first-order chi connectivity index (χ1) is 14.2. The number of amides is 1. The van der Waals surface area contributed by atoms with E-state index >= 15 is 0 Å². The van der Waals surface area contributed by atoms with Crippen molar-refractivity contribution in [1.29, 1.82) is 0 Å². The fourth-order valence-electron chi connectivity index (χ4n) is 3.97. The predicted octanol–water partition coefficient (Wildman–Crippen LogP) is 2.63. The molecule has 0 spiro atoms. The molecule has 2 atom stereocenters. The minimum atomic E-state index is -0.132. The molecule has 1 aromatic heterocycles. The molecule has 0 aliphatic carbocycles. The van der Waals surface area contributed by atoms with Crippen molar-refractivity contribution in [2.75, 3.05) is 39.8 Å². The summed E-state index contributed by atoms with van der Waals surface area (Å²) in [6.07, 6.45) is 4.14. The highest BCUT2D eigenvalue weighted by Gasteiger charge is 2.21. The van der Waals surface area contributed by atoms with Crippen molar-refractivity contribution < 1.29 is 9.53 Å². The summed E-state index contributed by atoms with van der Waals surface area (Å²) in [5, 5.41) is 11.0. The van der Waals surface area contributed by atoms with E-state index in [1.165, 1.54) is 0 Å².